The third-order valence-corrected chi connectivity index (χ3v) is 6.76. The van der Waals surface area contributed by atoms with E-state index in [0.717, 1.165) is 29.2 Å². The molecule has 0 N–H and O–H groups in total. The fourth-order valence-electron chi connectivity index (χ4n) is 4.66. The van der Waals surface area contributed by atoms with Gasteiger partial charge in [0.25, 0.3) is 0 Å². The van der Waals surface area contributed by atoms with Gasteiger partial charge in [0.1, 0.15) is 5.82 Å². The molecule has 3 aromatic carbocycles. The standard InChI is InChI=1S/C29H28FN/c1-2-21-3-5-22(6-4-21)7-10-24-14-18-28-27(19-24)17-16-26(29(28)30)15-13-23-8-11-25(20-31)12-9-23/h8-9,11-12,14,16-19,21-22H,2-7,10H2,1H3. The van der Waals surface area contributed by atoms with Crippen LogP contribution in [0.25, 0.3) is 10.8 Å². The van der Waals surface area contributed by atoms with Crippen LogP contribution in [0.3, 0.4) is 0 Å². The molecule has 2 heteroatoms. The summed E-state index contributed by atoms with van der Waals surface area (Å²) in [5.74, 6) is 7.46. The summed E-state index contributed by atoms with van der Waals surface area (Å²) in [7, 11) is 0. The van der Waals surface area contributed by atoms with E-state index >= 15 is 4.39 Å². The SMILES string of the molecule is CCC1CCC(CCc2ccc3c(F)c(C#Cc4ccc(C#N)cc4)ccc3c2)CC1. The highest BCUT2D eigenvalue weighted by molar-refractivity contribution is 5.85. The molecule has 1 aliphatic carbocycles. The summed E-state index contributed by atoms with van der Waals surface area (Å²) in [6.07, 6.45) is 9.12. The Labute approximate surface area is 184 Å². The van der Waals surface area contributed by atoms with Gasteiger partial charge >= 0.3 is 0 Å². The van der Waals surface area contributed by atoms with Crippen LogP contribution in [0.1, 0.15) is 67.7 Å². The summed E-state index contributed by atoms with van der Waals surface area (Å²) in [4.78, 5) is 0. The van der Waals surface area contributed by atoms with Gasteiger partial charge in [-0.3, -0.25) is 0 Å². The number of aryl methyl sites for hydroxylation is 1. The van der Waals surface area contributed by atoms with Gasteiger partial charge in [-0.15, -0.1) is 0 Å². The molecular weight excluding hydrogens is 381 g/mol. The number of benzene rings is 3. The highest BCUT2D eigenvalue weighted by Crippen LogP contribution is 2.33. The van der Waals surface area contributed by atoms with Crippen molar-refractivity contribution in [3.8, 4) is 17.9 Å². The second-order valence-electron chi connectivity index (χ2n) is 8.76. The van der Waals surface area contributed by atoms with E-state index < -0.39 is 0 Å². The summed E-state index contributed by atoms with van der Waals surface area (Å²) in [6, 6.07) is 18.9. The summed E-state index contributed by atoms with van der Waals surface area (Å²) < 4.78 is 15.0. The van der Waals surface area contributed by atoms with E-state index in [2.05, 4.69) is 37.0 Å². The molecule has 0 bridgehead atoms. The van der Waals surface area contributed by atoms with Gasteiger partial charge in [0.05, 0.1) is 17.2 Å². The molecule has 1 nitrogen and oxygen atoms in total. The third-order valence-electron chi connectivity index (χ3n) is 6.76. The molecule has 0 saturated heterocycles. The molecule has 0 radical (unpaired) electrons. The molecule has 0 aliphatic heterocycles. The fourth-order valence-corrected chi connectivity index (χ4v) is 4.66. The Morgan fingerprint density at radius 1 is 0.871 bits per heavy atom. The summed E-state index contributed by atoms with van der Waals surface area (Å²) in [6.45, 7) is 2.31. The first kappa shape index (κ1) is 21.1. The zero-order chi connectivity index (χ0) is 21.6. The van der Waals surface area contributed by atoms with Crippen molar-refractivity contribution < 1.29 is 4.39 Å². The van der Waals surface area contributed by atoms with E-state index in [1.807, 2.05) is 12.1 Å². The number of nitriles is 1. The summed E-state index contributed by atoms with van der Waals surface area (Å²) in [5, 5.41) is 10.4. The van der Waals surface area contributed by atoms with Crippen LogP contribution < -0.4 is 0 Å². The minimum absolute atomic E-state index is 0.261. The second kappa shape index (κ2) is 9.80. The molecule has 1 saturated carbocycles. The number of nitrogens with zero attached hydrogens (tertiary/aromatic N) is 1. The number of halogens is 1. The predicted molar refractivity (Wildman–Crippen MR) is 125 cm³/mol. The first-order valence-corrected chi connectivity index (χ1v) is 11.4. The Balaban J connectivity index is 1.45. The van der Waals surface area contributed by atoms with Gasteiger partial charge in [0.15, 0.2) is 0 Å². The van der Waals surface area contributed by atoms with E-state index in [1.165, 1.54) is 44.1 Å². The van der Waals surface area contributed by atoms with Crippen LogP contribution in [0.2, 0.25) is 0 Å². The minimum Gasteiger partial charge on any atom is -0.205 e. The quantitative estimate of drug-likeness (QED) is 0.412. The summed E-state index contributed by atoms with van der Waals surface area (Å²) >= 11 is 0. The van der Waals surface area contributed by atoms with E-state index in [0.29, 0.717) is 16.5 Å². The van der Waals surface area contributed by atoms with Crippen LogP contribution in [-0.4, -0.2) is 0 Å². The third kappa shape index (κ3) is 5.15. The second-order valence-corrected chi connectivity index (χ2v) is 8.76. The molecule has 0 atom stereocenters. The normalized spacial score (nSPS) is 18.2. The Hall–Kier alpha value is -3.10. The van der Waals surface area contributed by atoms with Crippen LogP contribution in [0, 0.1) is 40.8 Å². The Kier molecular flexibility index (Phi) is 6.69. The monoisotopic (exact) mass is 409 g/mol. The fraction of sp³-hybridized carbons (Fsp3) is 0.345. The number of rotatable bonds is 4. The number of fused-ring (bicyclic) bond motifs is 1. The Morgan fingerprint density at radius 3 is 2.29 bits per heavy atom. The van der Waals surface area contributed by atoms with E-state index in [-0.39, 0.29) is 5.82 Å². The van der Waals surface area contributed by atoms with Crippen molar-refractivity contribution in [1.29, 1.82) is 5.26 Å². The van der Waals surface area contributed by atoms with Crippen LogP contribution in [-0.2, 0) is 6.42 Å². The van der Waals surface area contributed by atoms with E-state index in [1.54, 1.807) is 30.3 Å². The zero-order valence-electron chi connectivity index (χ0n) is 18.1. The molecule has 31 heavy (non-hydrogen) atoms. The Bertz CT molecular complexity index is 1150. The number of hydrogen-bond acceptors (Lipinski definition) is 1. The average Bonchev–Trinajstić information content (AvgIpc) is 2.83. The van der Waals surface area contributed by atoms with Crippen molar-refractivity contribution in [3.05, 3.63) is 82.7 Å². The lowest BCUT2D eigenvalue weighted by atomic mass is 9.78. The van der Waals surface area contributed by atoms with Gasteiger partial charge in [-0.25, -0.2) is 4.39 Å². The van der Waals surface area contributed by atoms with Crippen molar-refractivity contribution in [2.24, 2.45) is 11.8 Å². The lowest BCUT2D eigenvalue weighted by Crippen LogP contribution is -2.14. The molecule has 0 unspecified atom stereocenters. The molecule has 0 spiro atoms. The van der Waals surface area contributed by atoms with Crippen LogP contribution >= 0.6 is 0 Å². The maximum absolute atomic E-state index is 15.0. The molecule has 156 valence electrons. The van der Waals surface area contributed by atoms with Crippen molar-refractivity contribution in [1.82, 2.24) is 0 Å². The molecule has 0 aromatic heterocycles. The molecular formula is C29H28FN. The van der Waals surface area contributed by atoms with Crippen molar-refractivity contribution in [2.75, 3.05) is 0 Å². The van der Waals surface area contributed by atoms with Crippen LogP contribution in [0.4, 0.5) is 4.39 Å². The molecule has 4 rings (SSSR count). The van der Waals surface area contributed by atoms with Gasteiger partial charge in [-0.1, -0.05) is 75.1 Å². The smallest absolute Gasteiger partial charge is 0.146 e. The first-order valence-electron chi connectivity index (χ1n) is 11.4. The highest BCUT2D eigenvalue weighted by atomic mass is 19.1. The van der Waals surface area contributed by atoms with E-state index in [9.17, 15) is 0 Å². The van der Waals surface area contributed by atoms with Gasteiger partial charge in [-0.2, -0.15) is 5.26 Å². The Morgan fingerprint density at radius 2 is 1.58 bits per heavy atom. The zero-order valence-corrected chi connectivity index (χ0v) is 18.1. The minimum atomic E-state index is -0.261. The largest absolute Gasteiger partial charge is 0.205 e. The highest BCUT2D eigenvalue weighted by Gasteiger charge is 2.19. The van der Waals surface area contributed by atoms with Crippen LogP contribution in [0.5, 0.6) is 0 Å². The van der Waals surface area contributed by atoms with Gasteiger partial charge in [-0.05, 0) is 66.0 Å². The van der Waals surface area contributed by atoms with Gasteiger partial charge in [0.2, 0.25) is 0 Å². The van der Waals surface area contributed by atoms with Gasteiger partial charge < -0.3 is 0 Å². The van der Waals surface area contributed by atoms with E-state index in [4.69, 9.17) is 5.26 Å². The molecule has 1 fully saturated rings. The van der Waals surface area contributed by atoms with Crippen molar-refractivity contribution in [2.45, 2.75) is 51.9 Å². The van der Waals surface area contributed by atoms with Crippen LogP contribution in [0.15, 0.2) is 54.6 Å². The first-order chi connectivity index (χ1) is 15.2. The molecule has 0 heterocycles. The number of hydrogen-bond donors (Lipinski definition) is 0. The average molecular weight is 410 g/mol. The maximum atomic E-state index is 15.0. The lowest BCUT2D eigenvalue weighted by Gasteiger charge is -2.27. The van der Waals surface area contributed by atoms with Crippen molar-refractivity contribution >= 4 is 10.8 Å². The van der Waals surface area contributed by atoms with Crippen molar-refractivity contribution in [3.63, 3.8) is 0 Å². The molecule has 3 aromatic rings. The maximum Gasteiger partial charge on any atom is 0.146 e. The molecule has 1 aliphatic rings. The molecule has 0 amide bonds. The lowest BCUT2D eigenvalue weighted by molar-refractivity contribution is 0.259. The summed E-state index contributed by atoms with van der Waals surface area (Å²) in [5.41, 5.74) is 3.05. The predicted octanol–water partition coefficient (Wildman–Crippen LogP) is 7.40. The van der Waals surface area contributed by atoms with Gasteiger partial charge in [0, 0.05) is 10.9 Å². The topological polar surface area (TPSA) is 23.8 Å².